The summed E-state index contributed by atoms with van der Waals surface area (Å²) in [4.78, 5) is 15.4. The number of carbonyl (C=O) groups excluding carboxylic acids is 1. The van der Waals surface area contributed by atoms with E-state index in [1.165, 1.54) is 20.0 Å². The molecule has 0 spiro atoms. The Morgan fingerprint density at radius 1 is 1.10 bits per heavy atom. The zero-order valence-electron chi connectivity index (χ0n) is 19.1. The molecule has 2 N–H and O–H groups in total. The van der Waals surface area contributed by atoms with Crippen LogP contribution in [0.1, 0.15) is 63.4 Å². The maximum atomic E-state index is 11.1. The third-order valence-corrected chi connectivity index (χ3v) is 5.36. The van der Waals surface area contributed by atoms with Gasteiger partial charge in [0.15, 0.2) is 17.5 Å². The minimum absolute atomic E-state index is 0. The first-order valence-electron chi connectivity index (χ1n) is 11.0. The van der Waals surface area contributed by atoms with E-state index < -0.39 is 0 Å². The molecule has 0 unspecified atom stereocenters. The molecule has 2 rings (SSSR count). The molecule has 1 fully saturated rings. The van der Waals surface area contributed by atoms with E-state index in [9.17, 15) is 4.79 Å². The molecule has 8 heteroatoms. The van der Waals surface area contributed by atoms with Crippen molar-refractivity contribution in [1.29, 1.82) is 0 Å². The monoisotopic (exact) mass is 547 g/mol. The van der Waals surface area contributed by atoms with Gasteiger partial charge in [-0.1, -0.05) is 25.0 Å². The number of aliphatic imine (C=N–C) groups is 1. The van der Waals surface area contributed by atoms with Crippen LogP contribution in [0.5, 0.6) is 11.5 Å². The molecular weight excluding hydrogens is 509 g/mol. The van der Waals surface area contributed by atoms with Crippen LogP contribution in [-0.4, -0.2) is 45.8 Å². The quantitative estimate of drug-likeness (QED) is 0.133. The van der Waals surface area contributed by atoms with Crippen LogP contribution in [0.2, 0.25) is 0 Å². The number of unbranched alkanes of at least 4 members (excludes halogenated alkanes) is 3. The Morgan fingerprint density at radius 3 is 2.52 bits per heavy atom. The van der Waals surface area contributed by atoms with Crippen LogP contribution in [0, 0.1) is 0 Å². The minimum Gasteiger partial charge on any atom is -0.493 e. The lowest BCUT2D eigenvalue weighted by Crippen LogP contribution is -2.37. The van der Waals surface area contributed by atoms with Crippen LogP contribution in [0.15, 0.2) is 23.2 Å². The van der Waals surface area contributed by atoms with E-state index in [1.807, 2.05) is 12.1 Å². The number of benzene rings is 1. The fourth-order valence-electron chi connectivity index (χ4n) is 3.62. The summed E-state index contributed by atoms with van der Waals surface area (Å²) in [7, 11) is 4.88. The molecule has 0 aromatic heterocycles. The highest BCUT2D eigenvalue weighted by molar-refractivity contribution is 14.0. The summed E-state index contributed by atoms with van der Waals surface area (Å²) in [6.45, 7) is 1.44. The van der Waals surface area contributed by atoms with Gasteiger partial charge in [0.25, 0.3) is 0 Å². The summed E-state index contributed by atoms with van der Waals surface area (Å²) in [5.74, 6) is 2.24. The van der Waals surface area contributed by atoms with Gasteiger partial charge in [-0.3, -0.25) is 9.79 Å². The standard InChI is InChI=1S/C23H37N3O4.HI/c1-24-23(25-16-9-5-4-6-15-21(27)29-3)26-17-18-11-10-14-20(28-2)22(18)30-19-12-7-8-13-19;/h10-11,14,19H,4-9,12-13,15-17H2,1-3H3,(H2,24,25,26);1H. The molecule has 0 aliphatic heterocycles. The van der Waals surface area contributed by atoms with Crippen molar-refractivity contribution in [2.24, 2.45) is 4.99 Å². The van der Waals surface area contributed by atoms with Gasteiger partial charge >= 0.3 is 5.97 Å². The SMILES string of the molecule is CN=C(NCCCCCCC(=O)OC)NCc1cccc(OC)c1OC1CCCC1.I. The van der Waals surface area contributed by atoms with Gasteiger partial charge in [-0.05, 0) is 44.6 Å². The number of nitrogens with one attached hydrogen (secondary N) is 2. The third kappa shape index (κ3) is 9.97. The summed E-state index contributed by atoms with van der Waals surface area (Å²) >= 11 is 0. The number of halogens is 1. The van der Waals surface area contributed by atoms with Crippen LogP contribution < -0.4 is 20.1 Å². The molecule has 31 heavy (non-hydrogen) atoms. The Bertz CT molecular complexity index is 679. The number of guanidine groups is 1. The molecule has 0 atom stereocenters. The average Bonchev–Trinajstić information content (AvgIpc) is 3.28. The molecule has 1 saturated carbocycles. The zero-order chi connectivity index (χ0) is 21.6. The average molecular weight is 547 g/mol. The molecule has 7 nitrogen and oxygen atoms in total. The molecular formula is C23H38IN3O4. The number of rotatable bonds is 12. The van der Waals surface area contributed by atoms with Crippen molar-refractivity contribution in [3.8, 4) is 11.5 Å². The third-order valence-electron chi connectivity index (χ3n) is 5.36. The second-order valence-electron chi connectivity index (χ2n) is 7.57. The van der Waals surface area contributed by atoms with Crippen LogP contribution in [-0.2, 0) is 16.1 Å². The molecule has 0 amide bonds. The normalized spacial score (nSPS) is 14.0. The van der Waals surface area contributed by atoms with Crippen molar-refractivity contribution in [3.05, 3.63) is 23.8 Å². The predicted molar refractivity (Wildman–Crippen MR) is 135 cm³/mol. The highest BCUT2D eigenvalue weighted by atomic mass is 127. The number of ether oxygens (including phenoxy) is 3. The number of esters is 1. The fourth-order valence-corrected chi connectivity index (χ4v) is 3.62. The van der Waals surface area contributed by atoms with Gasteiger partial charge in [-0.25, -0.2) is 0 Å². The van der Waals surface area contributed by atoms with Crippen molar-refractivity contribution in [2.45, 2.75) is 70.4 Å². The van der Waals surface area contributed by atoms with Crippen LogP contribution in [0.25, 0.3) is 0 Å². The summed E-state index contributed by atoms with van der Waals surface area (Å²) in [5, 5.41) is 6.72. The Labute approximate surface area is 203 Å². The van der Waals surface area contributed by atoms with Crippen LogP contribution >= 0.6 is 24.0 Å². The number of para-hydroxylation sites is 1. The lowest BCUT2D eigenvalue weighted by Gasteiger charge is -2.20. The number of carbonyl (C=O) groups is 1. The van der Waals surface area contributed by atoms with Gasteiger partial charge in [-0.15, -0.1) is 24.0 Å². The first-order valence-corrected chi connectivity index (χ1v) is 11.0. The molecule has 1 aliphatic rings. The van der Waals surface area contributed by atoms with E-state index >= 15 is 0 Å². The van der Waals surface area contributed by atoms with Crippen LogP contribution in [0.3, 0.4) is 0 Å². The van der Waals surface area contributed by atoms with Gasteiger partial charge in [0.2, 0.25) is 0 Å². The van der Waals surface area contributed by atoms with Gasteiger partial charge < -0.3 is 24.8 Å². The summed E-state index contributed by atoms with van der Waals surface area (Å²) in [5.41, 5.74) is 1.06. The van der Waals surface area contributed by atoms with Crippen molar-refractivity contribution < 1.29 is 19.0 Å². The molecule has 1 aromatic carbocycles. The second kappa shape index (κ2) is 16.0. The van der Waals surface area contributed by atoms with E-state index in [0.29, 0.717) is 13.0 Å². The summed E-state index contributed by atoms with van der Waals surface area (Å²) in [6, 6.07) is 6.00. The minimum atomic E-state index is -0.133. The first kappa shape index (κ1) is 27.3. The van der Waals surface area contributed by atoms with Crippen molar-refractivity contribution >= 4 is 35.9 Å². The molecule has 176 valence electrons. The number of methoxy groups -OCH3 is 2. The number of hydrogen-bond acceptors (Lipinski definition) is 5. The lowest BCUT2D eigenvalue weighted by atomic mass is 10.1. The van der Waals surface area contributed by atoms with E-state index in [0.717, 1.165) is 68.1 Å². The smallest absolute Gasteiger partial charge is 0.305 e. The van der Waals surface area contributed by atoms with Gasteiger partial charge in [0, 0.05) is 32.1 Å². The Balaban J connectivity index is 0.00000480. The van der Waals surface area contributed by atoms with Gasteiger partial charge in [-0.2, -0.15) is 0 Å². The van der Waals surface area contributed by atoms with Crippen molar-refractivity contribution in [2.75, 3.05) is 27.8 Å². The van der Waals surface area contributed by atoms with E-state index in [4.69, 9.17) is 9.47 Å². The van der Waals surface area contributed by atoms with Crippen LogP contribution in [0.4, 0.5) is 0 Å². The van der Waals surface area contributed by atoms with E-state index in [-0.39, 0.29) is 36.0 Å². The molecule has 0 saturated heterocycles. The maximum absolute atomic E-state index is 11.1. The highest BCUT2D eigenvalue weighted by Gasteiger charge is 2.20. The Morgan fingerprint density at radius 2 is 1.84 bits per heavy atom. The predicted octanol–water partition coefficient (Wildman–Crippen LogP) is 4.42. The molecule has 0 heterocycles. The lowest BCUT2D eigenvalue weighted by molar-refractivity contribution is -0.140. The Kier molecular flexibility index (Phi) is 14.1. The summed E-state index contributed by atoms with van der Waals surface area (Å²) in [6.07, 6.45) is 9.43. The van der Waals surface area contributed by atoms with Gasteiger partial charge in [0.1, 0.15) is 0 Å². The first-order chi connectivity index (χ1) is 14.7. The molecule has 0 radical (unpaired) electrons. The summed E-state index contributed by atoms with van der Waals surface area (Å²) < 4.78 is 16.5. The van der Waals surface area contributed by atoms with Crippen molar-refractivity contribution in [3.63, 3.8) is 0 Å². The highest BCUT2D eigenvalue weighted by Crippen LogP contribution is 2.34. The number of nitrogens with zero attached hydrogens (tertiary/aromatic N) is 1. The Hall–Kier alpha value is -1.71. The van der Waals surface area contributed by atoms with E-state index in [1.54, 1.807) is 14.2 Å². The number of hydrogen-bond donors (Lipinski definition) is 2. The largest absolute Gasteiger partial charge is 0.493 e. The second-order valence-corrected chi connectivity index (χ2v) is 7.57. The maximum Gasteiger partial charge on any atom is 0.305 e. The topological polar surface area (TPSA) is 81.2 Å². The molecule has 0 bridgehead atoms. The molecule has 1 aliphatic carbocycles. The van der Waals surface area contributed by atoms with E-state index in [2.05, 4.69) is 26.4 Å². The molecule has 1 aromatic rings. The zero-order valence-corrected chi connectivity index (χ0v) is 21.4. The fraction of sp³-hybridized carbons (Fsp3) is 0.652. The van der Waals surface area contributed by atoms with Crippen molar-refractivity contribution in [1.82, 2.24) is 10.6 Å². The van der Waals surface area contributed by atoms with Gasteiger partial charge in [0.05, 0.1) is 20.3 Å².